The number of anilines is 3. The molecule has 10 aromatic rings. The molecule has 3 nitrogen and oxygen atoms in total. The van der Waals surface area contributed by atoms with Gasteiger partial charge in [-0.15, -0.1) is 0 Å². The molecular formula is C49H33N3. The van der Waals surface area contributed by atoms with E-state index in [1.165, 1.54) is 43.4 Å². The van der Waals surface area contributed by atoms with E-state index in [0.717, 1.165) is 45.2 Å². The molecule has 0 aliphatic carbocycles. The zero-order valence-electron chi connectivity index (χ0n) is 28.4. The summed E-state index contributed by atoms with van der Waals surface area (Å²) in [5.74, 6) is 0. The molecule has 0 bridgehead atoms. The van der Waals surface area contributed by atoms with Gasteiger partial charge in [0.25, 0.3) is 0 Å². The molecule has 2 heterocycles. The number of para-hydroxylation sites is 1. The van der Waals surface area contributed by atoms with Gasteiger partial charge in [0.2, 0.25) is 0 Å². The normalized spacial score (nSPS) is 11.5. The Morgan fingerprint density at radius 1 is 0.346 bits per heavy atom. The topological polar surface area (TPSA) is 20.5 Å². The number of fused-ring (bicyclic) bond motifs is 7. The van der Waals surface area contributed by atoms with Gasteiger partial charge in [-0.3, -0.25) is 4.40 Å². The monoisotopic (exact) mass is 663 g/mol. The van der Waals surface area contributed by atoms with Gasteiger partial charge < -0.3 is 4.90 Å². The second-order valence-corrected chi connectivity index (χ2v) is 13.2. The van der Waals surface area contributed by atoms with Crippen LogP contribution in [0, 0.1) is 0 Å². The van der Waals surface area contributed by atoms with Crippen molar-refractivity contribution in [1.29, 1.82) is 0 Å². The van der Waals surface area contributed by atoms with Crippen LogP contribution in [0.3, 0.4) is 0 Å². The van der Waals surface area contributed by atoms with Crippen molar-refractivity contribution in [3.63, 3.8) is 0 Å². The number of benzene rings is 8. The van der Waals surface area contributed by atoms with Crippen molar-refractivity contribution < 1.29 is 0 Å². The van der Waals surface area contributed by atoms with Gasteiger partial charge in [-0.2, -0.15) is 0 Å². The molecule has 10 rings (SSSR count). The summed E-state index contributed by atoms with van der Waals surface area (Å²) < 4.78 is 2.19. The first-order valence-electron chi connectivity index (χ1n) is 17.7. The second-order valence-electron chi connectivity index (χ2n) is 13.2. The minimum atomic E-state index is 0.922. The highest BCUT2D eigenvalue weighted by Gasteiger charge is 2.19. The second kappa shape index (κ2) is 12.4. The van der Waals surface area contributed by atoms with Crippen LogP contribution in [0.2, 0.25) is 0 Å². The van der Waals surface area contributed by atoms with Crippen LogP contribution in [0.4, 0.5) is 17.1 Å². The van der Waals surface area contributed by atoms with E-state index in [2.05, 4.69) is 204 Å². The predicted octanol–water partition coefficient (Wildman–Crippen LogP) is 13.3. The van der Waals surface area contributed by atoms with Gasteiger partial charge in [0.05, 0.1) is 11.4 Å². The van der Waals surface area contributed by atoms with Crippen LogP contribution in [0.15, 0.2) is 200 Å². The molecule has 0 radical (unpaired) electrons. The maximum Gasteiger partial charge on any atom is 0.137 e. The summed E-state index contributed by atoms with van der Waals surface area (Å²) in [7, 11) is 0. The lowest BCUT2D eigenvalue weighted by atomic mass is 9.92. The first-order valence-corrected chi connectivity index (χ1v) is 17.7. The maximum absolute atomic E-state index is 5.17. The summed E-state index contributed by atoms with van der Waals surface area (Å²) in [6.45, 7) is 0. The van der Waals surface area contributed by atoms with E-state index in [1.54, 1.807) is 0 Å². The molecule has 0 saturated heterocycles. The third-order valence-corrected chi connectivity index (χ3v) is 10.2. The largest absolute Gasteiger partial charge is 0.310 e. The van der Waals surface area contributed by atoms with Crippen molar-refractivity contribution in [2.45, 2.75) is 0 Å². The number of hydrogen-bond acceptors (Lipinski definition) is 2. The van der Waals surface area contributed by atoms with Gasteiger partial charge in [0.1, 0.15) is 5.65 Å². The summed E-state index contributed by atoms with van der Waals surface area (Å²) in [5.41, 5.74) is 10.7. The van der Waals surface area contributed by atoms with E-state index in [0.29, 0.717) is 0 Å². The van der Waals surface area contributed by atoms with E-state index in [9.17, 15) is 0 Å². The van der Waals surface area contributed by atoms with E-state index in [4.69, 9.17) is 4.98 Å². The molecule has 0 unspecified atom stereocenters. The average molecular weight is 664 g/mol. The maximum atomic E-state index is 5.17. The molecule has 0 aliphatic heterocycles. The number of rotatable bonds is 6. The lowest BCUT2D eigenvalue weighted by molar-refractivity contribution is 1.19. The minimum Gasteiger partial charge on any atom is -0.310 e. The highest BCUT2D eigenvalue weighted by atomic mass is 15.1. The van der Waals surface area contributed by atoms with Crippen molar-refractivity contribution in [1.82, 2.24) is 9.38 Å². The van der Waals surface area contributed by atoms with E-state index in [-0.39, 0.29) is 0 Å². The van der Waals surface area contributed by atoms with Crippen LogP contribution >= 0.6 is 0 Å². The molecule has 0 amide bonds. The Hall–Kier alpha value is -6.97. The van der Waals surface area contributed by atoms with Gasteiger partial charge >= 0.3 is 0 Å². The molecule has 0 fully saturated rings. The van der Waals surface area contributed by atoms with Crippen molar-refractivity contribution in [3.8, 4) is 33.6 Å². The first kappa shape index (κ1) is 29.9. The summed E-state index contributed by atoms with van der Waals surface area (Å²) in [5, 5.41) is 7.69. The van der Waals surface area contributed by atoms with Crippen LogP contribution in [0.25, 0.3) is 71.6 Å². The Morgan fingerprint density at radius 2 is 0.846 bits per heavy atom. The lowest BCUT2D eigenvalue weighted by Crippen LogP contribution is -2.10. The SMILES string of the molecule is c1ccc(-c2c(-c3cccc(N(c4ccccc4)c4cccc(-c5ccc6c7ccccc7c7ccccc7c6c5)c4)c3)nc3ccccn23)cc1. The molecule has 3 heteroatoms. The van der Waals surface area contributed by atoms with Crippen LogP contribution < -0.4 is 4.90 Å². The van der Waals surface area contributed by atoms with Gasteiger partial charge in [0.15, 0.2) is 0 Å². The fourth-order valence-electron chi connectivity index (χ4n) is 7.80. The summed E-state index contributed by atoms with van der Waals surface area (Å²) in [4.78, 5) is 7.51. The molecule has 0 N–H and O–H groups in total. The third-order valence-electron chi connectivity index (χ3n) is 10.2. The van der Waals surface area contributed by atoms with Gasteiger partial charge in [-0.05, 0) is 98.0 Å². The predicted molar refractivity (Wildman–Crippen MR) is 219 cm³/mol. The lowest BCUT2D eigenvalue weighted by Gasteiger charge is -2.26. The molecule has 2 aromatic heterocycles. The van der Waals surface area contributed by atoms with E-state index in [1.807, 2.05) is 6.07 Å². The Kier molecular flexibility index (Phi) is 7.14. The van der Waals surface area contributed by atoms with Crippen LogP contribution in [-0.4, -0.2) is 9.38 Å². The fraction of sp³-hybridized carbons (Fsp3) is 0. The first-order chi connectivity index (χ1) is 25.8. The molecule has 244 valence electrons. The third kappa shape index (κ3) is 5.02. The van der Waals surface area contributed by atoms with Crippen molar-refractivity contribution in [2.24, 2.45) is 0 Å². The summed E-state index contributed by atoms with van der Waals surface area (Å²) in [6, 6.07) is 69.4. The number of imidazole rings is 1. The number of hydrogen-bond donors (Lipinski definition) is 0. The van der Waals surface area contributed by atoms with Crippen molar-refractivity contribution >= 4 is 55.0 Å². The highest BCUT2D eigenvalue weighted by Crippen LogP contribution is 2.41. The fourth-order valence-corrected chi connectivity index (χ4v) is 7.80. The van der Waals surface area contributed by atoms with Crippen LogP contribution in [0.5, 0.6) is 0 Å². The molecule has 0 atom stereocenters. The number of pyridine rings is 1. The van der Waals surface area contributed by atoms with Crippen LogP contribution in [0.1, 0.15) is 0 Å². The Labute approximate surface area is 302 Å². The molecule has 0 saturated carbocycles. The summed E-state index contributed by atoms with van der Waals surface area (Å²) >= 11 is 0. The van der Waals surface area contributed by atoms with Crippen LogP contribution in [-0.2, 0) is 0 Å². The molecule has 0 aliphatic rings. The molecular weight excluding hydrogens is 631 g/mol. The van der Waals surface area contributed by atoms with Gasteiger partial charge in [-0.1, -0.05) is 140 Å². The van der Waals surface area contributed by atoms with Crippen molar-refractivity contribution in [3.05, 3.63) is 200 Å². The van der Waals surface area contributed by atoms with Gasteiger partial charge in [-0.25, -0.2) is 4.98 Å². The number of nitrogens with zero attached hydrogens (tertiary/aromatic N) is 3. The Balaban J connectivity index is 1.12. The van der Waals surface area contributed by atoms with E-state index >= 15 is 0 Å². The Morgan fingerprint density at radius 3 is 1.54 bits per heavy atom. The zero-order valence-corrected chi connectivity index (χ0v) is 28.4. The highest BCUT2D eigenvalue weighted by molar-refractivity contribution is 6.25. The Bertz CT molecular complexity index is 2870. The molecule has 52 heavy (non-hydrogen) atoms. The van der Waals surface area contributed by atoms with Crippen molar-refractivity contribution in [2.75, 3.05) is 4.90 Å². The quantitative estimate of drug-likeness (QED) is 0.165. The van der Waals surface area contributed by atoms with E-state index < -0.39 is 0 Å². The average Bonchev–Trinajstić information content (AvgIpc) is 3.62. The summed E-state index contributed by atoms with van der Waals surface area (Å²) in [6.07, 6.45) is 2.10. The smallest absolute Gasteiger partial charge is 0.137 e. The standard InChI is InChI=1S/C49H33N3/c1-3-15-34(16-4-1)49-48(50-47-27-11-12-30-51(47)49)37-18-14-22-40(32-37)52(38-19-5-2-6-20-38)39-21-13-17-35(31-39)36-28-29-45-43-25-8-7-23-41(43)42-24-9-10-26-44(42)46(45)33-36/h1-33H. The molecule has 8 aromatic carbocycles. The number of aromatic nitrogens is 2. The molecule has 0 spiro atoms. The van der Waals surface area contributed by atoms with Gasteiger partial charge in [0, 0.05) is 34.4 Å². The zero-order chi connectivity index (χ0) is 34.4. The minimum absolute atomic E-state index is 0.922.